The lowest BCUT2D eigenvalue weighted by molar-refractivity contribution is 0.267. The fourth-order valence-corrected chi connectivity index (χ4v) is 2.84. The van der Waals surface area contributed by atoms with Gasteiger partial charge in [0, 0.05) is 43.2 Å². The van der Waals surface area contributed by atoms with Crippen LogP contribution in [-0.4, -0.2) is 37.4 Å². The predicted molar refractivity (Wildman–Crippen MR) is 89.4 cm³/mol. The van der Waals surface area contributed by atoms with Crippen LogP contribution in [0, 0.1) is 13.8 Å². The molecule has 0 bridgehead atoms. The maximum atomic E-state index is 9.06. The first-order valence-corrected chi connectivity index (χ1v) is 7.96. The molecule has 0 aliphatic heterocycles. The molecule has 0 saturated carbocycles. The van der Waals surface area contributed by atoms with Crippen molar-refractivity contribution in [3.8, 4) is 0 Å². The van der Waals surface area contributed by atoms with Gasteiger partial charge in [-0.1, -0.05) is 6.07 Å². The van der Waals surface area contributed by atoms with Gasteiger partial charge in [0.05, 0.1) is 24.5 Å². The Hall–Kier alpha value is -2.18. The predicted octanol–water partition coefficient (Wildman–Crippen LogP) is 1.47. The first-order chi connectivity index (χ1) is 11.2. The molecule has 0 fully saturated rings. The number of hydrogen-bond donors (Lipinski definition) is 2. The molecule has 2 N–H and O–H groups in total. The Bertz CT molecular complexity index is 756. The molecular weight excluding hydrogens is 290 g/mol. The van der Waals surface area contributed by atoms with Crippen LogP contribution in [0.1, 0.15) is 22.6 Å². The minimum atomic E-state index is 0.114. The van der Waals surface area contributed by atoms with E-state index < -0.39 is 0 Å². The zero-order chi connectivity index (χ0) is 16.2. The van der Waals surface area contributed by atoms with Crippen LogP contribution >= 0.6 is 0 Å². The van der Waals surface area contributed by atoms with E-state index in [2.05, 4.69) is 28.5 Å². The summed E-state index contributed by atoms with van der Waals surface area (Å²) < 4.78 is 3.91. The maximum Gasteiger partial charge on any atom is 0.136 e. The van der Waals surface area contributed by atoms with Gasteiger partial charge >= 0.3 is 0 Å². The number of aryl methyl sites for hydroxylation is 1. The third kappa shape index (κ3) is 3.43. The smallest absolute Gasteiger partial charge is 0.136 e. The van der Waals surface area contributed by atoms with Crippen molar-refractivity contribution in [2.75, 3.05) is 13.2 Å². The van der Waals surface area contributed by atoms with Crippen LogP contribution in [0.5, 0.6) is 0 Å². The summed E-state index contributed by atoms with van der Waals surface area (Å²) in [6, 6.07) is 6.02. The number of rotatable bonds is 7. The average Bonchev–Trinajstić information content (AvgIpc) is 3.06. The summed E-state index contributed by atoms with van der Waals surface area (Å²) in [7, 11) is 0. The van der Waals surface area contributed by atoms with Crippen molar-refractivity contribution in [2.24, 2.45) is 0 Å². The van der Waals surface area contributed by atoms with Gasteiger partial charge in [0.25, 0.3) is 0 Å². The number of imidazole rings is 1. The Morgan fingerprint density at radius 3 is 2.91 bits per heavy atom. The van der Waals surface area contributed by atoms with Crippen molar-refractivity contribution in [2.45, 2.75) is 33.4 Å². The highest BCUT2D eigenvalue weighted by molar-refractivity contribution is 5.39. The van der Waals surface area contributed by atoms with Gasteiger partial charge < -0.3 is 14.8 Å². The minimum absolute atomic E-state index is 0.114. The standard InChI is InChI=1S/C17H23N5O/c1-13-16(14(2)22(20-13)9-10-23)11-18-7-6-15-12-21-8-4-3-5-17(21)19-15/h3-5,8,12,18,23H,6-7,9-11H2,1-2H3. The molecular formula is C17H23N5O. The lowest BCUT2D eigenvalue weighted by Crippen LogP contribution is -2.18. The van der Waals surface area contributed by atoms with Gasteiger partial charge in [-0.05, 0) is 26.0 Å². The largest absolute Gasteiger partial charge is 0.394 e. The van der Waals surface area contributed by atoms with E-state index >= 15 is 0 Å². The summed E-state index contributed by atoms with van der Waals surface area (Å²) in [5.74, 6) is 0. The van der Waals surface area contributed by atoms with Crippen LogP contribution in [0.15, 0.2) is 30.6 Å². The van der Waals surface area contributed by atoms with Gasteiger partial charge in [0.15, 0.2) is 0 Å². The zero-order valence-corrected chi connectivity index (χ0v) is 13.7. The second-order valence-corrected chi connectivity index (χ2v) is 5.72. The van der Waals surface area contributed by atoms with Crippen molar-refractivity contribution < 1.29 is 5.11 Å². The van der Waals surface area contributed by atoms with Crippen molar-refractivity contribution >= 4 is 5.65 Å². The molecule has 3 heterocycles. The fourth-order valence-electron chi connectivity index (χ4n) is 2.84. The first kappa shape index (κ1) is 15.7. The van der Waals surface area contributed by atoms with Crippen molar-refractivity contribution in [1.29, 1.82) is 0 Å². The summed E-state index contributed by atoms with van der Waals surface area (Å²) in [5, 5.41) is 17.0. The molecule has 3 aromatic rings. The topological polar surface area (TPSA) is 67.4 Å². The lowest BCUT2D eigenvalue weighted by atomic mass is 10.2. The number of aliphatic hydroxyl groups excluding tert-OH is 1. The second-order valence-electron chi connectivity index (χ2n) is 5.72. The molecule has 23 heavy (non-hydrogen) atoms. The summed E-state index contributed by atoms with van der Waals surface area (Å²) >= 11 is 0. The second kappa shape index (κ2) is 6.93. The van der Waals surface area contributed by atoms with Gasteiger partial charge in [-0.15, -0.1) is 0 Å². The first-order valence-electron chi connectivity index (χ1n) is 7.96. The van der Waals surface area contributed by atoms with E-state index in [-0.39, 0.29) is 6.61 Å². The molecule has 3 aromatic heterocycles. The SMILES string of the molecule is Cc1nn(CCO)c(C)c1CNCCc1cn2ccccc2n1. The van der Waals surface area contributed by atoms with Crippen LogP contribution in [0.4, 0.5) is 0 Å². The summed E-state index contributed by atoms with van der Waals surface area (Å²) in [5.41, 5.74) is 5.44. The van der Waals surface area contributed by atoms with Crippen LogP contribution in [0.3, 0.4) is 0 Å². The molecule has 6 nitrogen and oxygen atoms in total. The fraction of sp³-hybridized carbons (Fsp3) is 0.412. The Morgan fingerprint density at radius 2 is 2.13 bits per heavy atom. The highest BCUT2D eigenvalue weighted by atomic mass is 16.3. The maximum absolute atomic E-state index is 9.06. The van der Waals surface area contributed by atoms with E-state index in [4.69, 9.17) is 5.11 Å². The molecule has 3 rings (SSSR count). The van der Waals surface area contributed by atoms with Gasteiger partial charge in [0.1, 0.15) is 5.65 Å². The number of hydrogen-bond acceptors (Lipinski definition) is 4. The van der Waals surface area contributed by atoms with Gasteiger partial charge in [-0.25, -0.2) is 4.98 Å². The molecule has 6 heteroatoms. The molecule has 0 aliphatic carbocycles. The van der Waals surface area contributed by atoms with Crippen LogP contribution in [-0.2, 0) is 19.5 Å². The van der Waals surface area contributed by atoms with E-state index in [1.165, 1.54) is 5.56 Å². The number of fused-ring (bicyclic) bond motifs is 1. The number of nitrogens with one attached hydrogen (secondary N) is 1. The minimum Gasteiger partial charge on any atom is -0.394 e. The van der Waals surface area contributed by atoms with E-state index in [1.807, 2.05) is 40.4 Å². The van der Waals surface area contributed by atoms with Crippen molar-refractivity contribution in [1.82, 2.24) is 24.5 Å². The summed E-state index contributed by atoms with van der Waals surface area (Å²) in [6.45, 7) is 6.38. The number of pyridine rings is 1. The highest BCUT2D eigenvalue weighted by Gasteiger charge is 2.10. The number of aromatic nitrogens is 4. The van der Waals surface area contributed by atoms with Crippen LogP contribution in [0.2, 0.25) is 0 Å². The van der Waals surface area contributed by atoms with E-state index in [0.717, 1.165) is 42.2 Å². The van der Waals surface area contributed by atoms with Gasteiger partial charge in [-0.3, -0.25) is 4.68 Å². The third-order valence-electron chi connectivity index (χ3n) is 4.12. The highest BCUT2D eigenvalue weighted by Crippen LogP contribution is 2.12. The third-order valence-corrected chi connectivity index (χ3v) is 4.12. The number of aliphatic hydroxyl groups is 1. The molecule has 0 amide bonds. The van der Waals surface area contributed by atoms with Gasteiger partial charge in [0.2, 0.25) is 0 Å². The molecule has 0 aromatic carbocycles. The Balaban J connectivity index is 1.55. The molecule has 0 spiro atoms. The van der Waals surface area contributed by atoms with E-state index in [9.17, 15) is 0 Å². The Kier molecular flexibility index (Phi) is 4.73. The molecule has 0 unspecified atom stereocenters. The molecule has 122 valence electrons. The van der Waals surface area contributed by atoms with Crippen LogP contribution < -0.4 is 5.32 Å². The lowest BCUT2D eigenvalue weighted by Gasteiger charge is -2.05. The molecule has 0 saturated heterocycles. The van der Waals surface area contributed by atoms with Crippen molar-refractivity contribution in [3.63, 3.8) is 0 Å². The quantitative estimate of drug-likeness (QED) is 0.648. The van der Waals surface area contributed by atoms with Crippen LogP contribution in [0.25, 0.3) is 5.65 Å². The van der Waals surface area contributed by atoms with Gasteiger partial charge in [-0.2, -0.15) is 5.10 Å². The normalized spacial score (nSPS) is 11.4. The molecule has 0 aliphatic rings. The monoisotopic (exact) mass is 313 g/mol. The van der Waals surface area contributed by atoms with E-state index in [0.29, 0.717) is 6.54 Å². The average molecular weight is 313 g/mol. The van der Waals surface area contributed by atoms with E-state index in [1.54, 1.807) is 0 Å². The van der Waals surface area contributed by atoms with Crippen molar-refractivity contribution in [3.05, 3.63) is 53.2 Å². The molecule has 0 atom stereocenters. The number of nitrogens with zero attached hydrogens (tertiary/aromatic N) is 4. The zero-order valence-electron chi connectivity index (χ0n) is 13.7. The summed E-state index contributed by atoms with van der Waals surface area (Å²) in [6.07, 6.45) is 4.98. The Labute approximate surface area is 135 Å². The molecule has 0 radical (unpaired) electrons. The summed E-state index contributed by atoms with van der Waals surface area (Å²) in [4.78, 5) is 4.60. The Morgan fingerprint density at radius 1 is 1.26 bits per heavy atom.